The second-order valence-corrected chi connectivity index (χ2v) is 4.41. The monoisotopic (exact) mass is 290 g/mol. The minimum absolute atomic E-state index is 0.0323. The fraction of sp³-hybridized carbons (Fsp3) is 0.188. The molecule has 0 radical (unpaired) electrons. The summed E-state index contributed by atoms with van der Waals surface area (Å²) in [5, 5.41) is 8.79. The Morgan fingerprint density at radius 1 is 1.19 bits per heavy atom. The van der Waals surface area contributed by atoms with E-state index >= 15 is 0 Å². The second-order valence-electron chi connectivity index (χ2n) is 4.41. The van der Waals surface area contributed by atoms with Crippen molar-refractivity contribution in [2.75, 3.05) is 7.11 Å². The third-order valence-corrected chi connectivity index (χ3v) is 2.93. The summed E-state index contributed by atoms with van der Waals surface area (Å²) in [6.07, 6.45) is -0.306. The van der Waals surface area contributed by atoms with Crippen molar-refractivity contribution < 1.29 is 23.8 Å². The number of methoxy groups -OCH3 is 1. The number of benzene rings is 2. The van der Waals surface area contributed by atoms with Crippen molar-refractivity contribution in [3.05, 3.63) is 59.4 Å². The van der Waals surface area contributed by atoms with Gasteiger partial charge in [0, 0.05) is 5.56 Å². The lowest BCUT2D eigenvalue weighted by Gasteiger charge is -2.12. The molecule has 4 nitrogen and oxygen atoms in total. The van der Waals surface area contributed by atoms with Crippen LogP contribution in [0.2, 0.25) is 0 Å². The molecule has 2 rings (SSSR count). The quantitative estimate of drug-likeness (QED) is 0.888. The van der Waals surface area contributed by atoms with Crippen molar-refractivity contribution >= 4 is 5.97 Å². The maximum Gasteiger partial charge on any atom is 0.307 e. The van der Waals surface area contributed by atoms with Gasteiger partial charge in [0.15, 0.2) is 11.5 Å². The van der Waals surface area contributed by atoms with Crippen LogP contribution in [0.15, 0.2) is 42.5 Å². The van der Waals surface area contributed by atoms with E-state index in [1.54, 1.807) is 0 Å². The van der Waals surface area contributed by atoms with Crippen molar-refractivity contribution in [3.63, 3.8) is 0 Å². The third kappa shape index (κ3) is 3.72. The topological polar surface area (TPSA) is 55.8 Å². The standard InChI is InChI=1S/C16H15FO4/c1-20-16-12(9-14(18)19)7-8-13(15(16)17)21-10-11-5-3-2-4-6-11/h2-8H,9-10H2,1H3,(H,18,19). The molecule has 0 heterocycles. The number of rotatable bonds is 6. The Bertz CT molecular complexity index is 626. The van der Waals surface area contributed by atoms with Crippen molar-refractivity contribution in [1.29, 1.82) is 0 Å². The van der Waals surface area contributed by atoms with E-state index in [9.17, 15) is 9.18 Å². The number of carboxylic acid groups (broad SMARTS) is 1. The molecule has 2 aromatic rings. The van der Waals surface area contributed by atoms with Crippen LogP contribution in [0.5, 0.6) is 11.5 Å². The fourth-order valence-electron chi connectivity index (χ4n) is 1.95. The normalized spacial score (nSPS) is 10.2. The van der Waals surface area contributed by atoms with Gasteiger partial charge in [0.25, 0.3) is 0 Å². The van der Waals surface area contributed by atoms with Crippen molar-refractivity contribution in [3.8, 4) is 11.5 Å². The van der Waals surface area contributed by atoms with Gasteiger partial charge in [0.05, 0.1) is 13.5 Å². The van der Waals surface area contributed by atoms with Gasteiger partial charge in [-0.2, -0.15) is 4.39 Å². The molecule has 0 saturated carbocycles. The zero-order valence-electron chi connectivity index (χ0n) is 11.5. The van der Waals surface area contributed by atoms with Crippen LogP contribution in [-0.4, -0.2) is 18.2 Å². The van der Waals surface area contributed by atoms with Crippen LogP contribution in [-0.2, 0) is 17.8 Å². The molecule has 0 aliphatic carbocycles. The van der Waals surface area contributed by atoms with E-state index < -0.39 is 11.8 Å². The number of carbonyl (C=O) groups is 1. The molecular formula is C16H15FO4. The molecule has 2 aromatic carbocycles. The van der Waals surface area contributed by atoms with Crippen LogP contribution < -0.4 is 9.47 Å². The molecule has 0 saturated heterocycles. The fourth-order valence-corrected chi connectivity index (χ4v) is 1.95. The highest BCUT2D eigenvalue weighted by atomic mass is 19.1. The summed E-state index contributed by atoms with van der Waals surface area (Å²) < 4.78 is 24.6. The second kappa shape index (κ2) is 6.74. The molecule has 0 aromatic heterocycles. The highest BCUT2D eigenvalue weighted by Gasteiger charge is 2.17. The van der Waals surface area contributed by atoms with Gasteiger partial charge in [-0.3, -0.25) is 4.79 Å². The first kappa shape index (κ1) is 14.8. The lowest BCUT2D eigenvalue weighted by molar-refractivity contribution is -0.136. The summed E-state index contributed by atoms with van der Waals surface area (Å²) in [7, 11) is 1.30. The van der Waals surface area contributed by atoms with Gasteiger partial charge in [-0.05, 0) is 11.6 Å². The van der Waals surface area contributed by atoms with Crippen LogP contribution in [0.3, 0.4) is 0 Å². The minimum atomic E-state index is -1.05. The summed E-state index contributed by atoms with van der Waals surface area (Å²) in [6.45, 7) is 0.221. The lowest BCUT2D eigenvalue weighted by atomic mass is 10.1. The van der Waals surface area contributed by atoms with Crippen LogP contribution in [0.4, 0.5) is 4.39 Å². The van der Waals surface area contributed by atoms with Gasteiger partial charge >= 0.3 is 5.97 Å². The van der Waals surface area contributed by atoms with Gasteiger partial charge < -0.3 is 14.6 Å². The largest absolute Gasteiger partial charge is 0.493 e. The molecule has 0 aliphatic rings. The van der Waals surface area contributed by atoms with Gasteiger partial charge in [0.1, 0.15) is 6.61 Å². The van der Waals surface area contributed by atoms with Crippen LogP contribution >= 0.6 is 0 Å². The molecule has 0 amide bonds. The first-order chi connectivity index (χ1) is 10.1. The van der Waals surface area contributed by atoms with Gasteiger partial charge in [-0.15, -0.1) is 0 Å². The molecule has 0 bridgehead atoms. The van der Waals surface area contributed by atoms with E-state index in [2.05, 4.69) is 0 Å². The van der Waals surface area contributed by atoms with Gasteiger partial charge in [-0.25, -0.2) is 0 Å². The molecule has 0 fully saturated rings. The average molecular weight is 290 g/mol. The SMILES string of the molecule is COc1c(CC(=O)O)ccc(OCc2ccccc2)c1F. The number of carboxylic acids is 1. The van der Waals surface area contributed by atoms with E-state index in [0.29, 0.717) is 0 Å². The zero-order chi connectivity index (χ0) is 15.2. The molecule has 0 spiro atoms. The number of aliphatic carboxylic acids is 1. The summed E-state index contributed by atoms with van der Waals surface area (Å²) in [4.78, 5) is 10.7. The zero-order valence-corrected chi connectivity index (χ0v) is 11.5. The molecule has 0 aliphatic heterocycles. The van der Waals surface area contributed by atoms with E-state index in [1.807, 2.05) is 30.3 Å². The Hall–Kier alpha value is -2.56. The summed E-state index contributed by atoms with van der Waals surface area (Å²) in [6, 6.07) is 12.3. The predicted octanol–water partition coefficient (Wildman–Crippen LogP) is 3.04. The lowest BCUT2D eigenvalue weighted by Crippen LogP contribution is -2.05. The molecule has 1 N–H and O–H groups in total. The summed E-state index contributed by atoms with van der Waals surface area (Å²) in [5.41, 5.74) is 1.18. The Kier molecular flexibility index (Phi) is 4.77. The number of hydrogen-bond donors (Lipinski definition) is 1. The number of hydrogen-bond acceptors (Lipinski definition) is 3. The van der Waals surface area contributed by atoms with Crippen LogP contribution in [0, 0.1) is 5.82 Å². The van der Waals surface area contributed by atoms with Gasteiger partial charge in [0.2, 0.25) is 5.82 Å². The van der Waals surface area contributed by atoms with Crippen molar-refractivity contribution in [1.82, 2.24) is 0 Å². The van der Waals surface area contributed by atoms with Crippen molar-refractivity contribution in [2.24, 2.45) is 0 Å². The van der Waals surface area contributed by atoms with Crippen LogP contribution in [0.1, 0.15) is 11.1 Å². The molecule has 0 atom stereocenters. The highest BCUT2D eigenvalue weighted by Crippen LogP contribution is 2.31. The van der Waals surface area contributed by atoms with E-state index in [4.69, 9.17) is 14.6 Å². The Morgan fingerprint density at radius 2 is 1.90 bits per heavy atom. The predicted molar refractivity (Wildman–Crippen MR) is 75.1 cm³/mol. The maximum absolute atomic E-state index is 14.2. The van der Waals surface area contributed by atoms with Gasteiger partial charge in [-0.1, -0.05) is 36.4 Å². The number of ether oxygens (including phenoxy) is 2. The highest BCUT2D eigenvalue weighted by molar-refractivity contribution is 5.71. The number of halogens is 1. The maximum atomic E-state index is 14.2. The third-order valence-electron chi connectivity index (χ3n) is 2.93. The van der Waals surface area contributed by atoms with E-state index in [-0.39, 0.29) is 30.1 Å². The summed E-state index contributed by atoms with van der Waals surface area (Å²) in [5.74, 6) is -1.80. The summed E-state index contributed by atoms with van der Waals surface area (Å²) >= 11 is 0. The molecule has 5 heteroatoms. The van der Waals surface area contributed by atoms with Crippen molar-refractivity contribution in [2.45, 2.75) is 13.0 Å². The first-order valence-electron chi connectivity index (χ1n) is 6.35. The Balaban J connectivity index is 2.19. The van der Waals surface area contributed by atoms with E-state index in [1.165, 1.54) is 19.2 Å². The van der Waals surface area contributed by atoms with E-state index in [0.717, 1.165) is 5.56 Å². The molecular weight excluding hydrogens is 275 g/mol. The first-order valence-corrected chi connectivity index (χ1v) is 6.35. The Morgan fingerprint density at radius 3 is 2.52 bits per heavy atom. The molecule has 110 valence electrons. The smallest absolute Gasteiger partial charge is 0.307 e. The Labute approximate surface area is 121 Å². The average Bonchev–Trinajstić information content (AvgIpc) is 2.47. The minimum Gasteiger partial charge on any atom is -0.493 e. The molecule has 21 heavy (non-hydrogen) atoms. The van der Waals surface area contributed by atoms with Crippen LogP contribution in [0.25, 0.3) is 0 Å². The molecule has 0 unspecified atom stereocenters.